The number of aryl methyl sites for hydroxylation is 2. The van der Waals surface area contributed by atoms with Gasteiger partial charge in [-0.3, -0.25) is 4.79 Å². The van der Waals surface area contributed by atoms with Crippen molar-refractivity contribution in [1.82, 2.24) is 4.72 Å². The van der Waals surface area contributed by atoms with Gasteiger partial charge in [-0.05, 0) is 61.6 Å². The van der Waals surface area contributed by atoms with E-state index in [4.69, 9.17) is 0 Å². The minimum atomic E-state index is -3.54. The quantitative estimate of drug-likeness (QED) is 0.787. The van der Waals surface area contributed by atoms with Crippen molar-refractivity contribution < 1.29 is 13.2 Å². The van der Waals surface area contributed by atoms with Crippen LogP contribution in [0.2, 0.25) is 0 Å². The zero-order valence-electron chi connectivity index (χ0n) is 15.8. The molecule has 144 valence electrons. The largest absolute Gasteiger partial charge is 0.321 e. The third kappa shape index (κ3) is 4.57. The molecule has 0 aromatic heterocycles. The molecule has 0 atom stereocenters. The zero-order valence-corrected chi connectivity index (χ0v) is 16.6. The van der Waals surface area contributed by atoms with Gasteiger partial charge in [0.2, 0.25) is 10.0 Å². The van der Waals surface area contributed by atoms with Crippen LogP contribution in [0.5, 0.6) is 0 Å². The molecule has 0 heterocycles. The predicted octanol–water partition coefficient (Wildman–Crippen LogP) is 4.03. The van der Waals surface area contributed by atoms with E-state index < -0.39 is 10.0 Å². The topological polar surface area (TPSA) is 75.3 Å². The zero-order chi connectivity index (χ0) is 19.4. The number of carbonyl (C=O) groups excluding carboxylic acids is 1. The van der Waals surface area contributed by atoms with Crippen LogP contribution in [0.1, 0.15) is 54.1 Å². The summed E-state index contributed by atoms with van der Waals surface area (Å²) >= 11 is 0. The van der Waals surface area contributed by atoms with Crippen LogP contribution < -0.4 is 10.0 Å². The summed E-state index contributed by atoms with van der Waals surface area (Å²) in [5, 5.41) is 2.96. The average Bonchev–Trinajstić information content (AvgIpc) is 3.15. The number of sulfonamides is 1. The Kier molecular flexibility index (Phi) is 5.97. The Hall–Kier alpha value is -2.18. The van der Waals surface area contributed by atoms with Gasteiger partial charge in [-0.1, -0.05) is 38.0 Å². The van der Waals surface area contributed by atoms with Crippen molar-refractivity contribution in [1.29, 1.82) is 0 Å². The molecule has 1 aliphatic carbocycles. The van der Waals surface area contributed by atoms with E-state index in [-0.39, 0.29) is 16.8 Å². The normalized spacial score (nSPS) is 15.0. The third-order valence-electron chi connectivity index (χ3n) is 5.08. The number of anilines is 1. The lowest BCUT2D eigenvalue weighted by molar-refractivity contribution is 0.102. The minimum Gasteiger partial charge on any atom is -0.321 e. The number of hydrogen-bond acceptors (Lipinski definition) is 3. The number of rotatable bonds is 6. The maximum absolute atomic E-state index is 12.6. The van der Waals surface area contributed by atoms with Gasteiger partial charge in [0.1, 0.15) is 0 Å². The second kappa shape index (κ2) is 8.23. The molecule has 2 aromatic rings. The first-order valence-electron chi connectivity index (χ1n) is 9.43. The summed E-state index contributed by atoms with van der Waals surface area (Å²) in [5.74, 6) is -0.244. The van der Waals surface area contributed by atoms with E-state index in [0.29, 0.717) is 5.56 Å². The third-order valence-corrected chi connectivity index (χ3v) is 6.62. The highest BCUT2D eigenvalue weighted by molar-refractivity contribution is 7.89. The van der Waals surface area contributed by atoms with Crippen molar-refractivity contribution in [2.45, 2.75) is 56.9 Å². The van der Waals surface area contributed by atoms with E-state index in [0.717, 1.165) is 48.9 Å². The van der Waals surface area contributed by atoms with Gasteiger partial charge in [-0.25, -0.2) is 13.1 Å². The molecule has 27 heavy (non-hydrogen) atoms. The summed E-state index contributed by atoms with van der Waals surface area (Å²) in [6, 6.07) is 12.0. The molecule has 1 fully saturated rings. The van der Waals surface area contributed by atoms with Crippen LogP contribution in [0.3, 0.4) is 0 Å². The second-order valence-electron chi connectivity index (χ2n) is 7.04. The first kappa shape index (κ1) is 19.6. The number of carbonyl (C=O) groups is 1. The number of hydrogen-bond donors (Lipinski definition) is 2. The standard InChI is InChI=1S/C21H26N2O3S/c1-3-16-8-6-7-15(2)20(16)22-21(24)17-11-13-19(14-12-17)27(25,26)23-18-9-4-5-10-18/h6-8,11-14,18,23H,3-5,9-10H2,1-2H3,(H,22,24). The molecule has 3 rings (SSSR count). The van der Waals surface area contributed by atoms with Gasteiger partial charge in [0.05, 0.1) is 4.90 Å². The molecule has 0 unspecified atom stereocenters. The molecule has 0 spiro atoms. The van der Waals surface area contributed by atoms with E-state index in [9.17, 15) is 13.2 Å². The highest BCUT2D eigenvalue weighted by atomic mass is 32.2. The first-order chi connectivity index (χ1) is 12.9. The number of amides is 1. The van der Waals surface area contributed by atoms with Crippen LogP contribution in [0.25, 0.3) is 0 Å². The lowest BCUT2D eigenvalue weighted by Crippen LogP contribution is -2.32. The molecular formula is C21H26N2O3S. The van der Waals surface area contributed by atoms with Crippen molar-refractivity contribution in [2.75, 3.05) is 5.32 Å². The Bertz CT molecular complexity index is 915. The molecule has 0 saturated heterocycles. The fraction of sp³-hybridized carbons (Fsp3) is 0.381. The van der Waals surface area contributed by atoms with Crippen molar-refractivity contribution in [2.24, 2.45) is 0 Å². The molecule has 0 bridgehead atoms. The summed E-state index contributed by atoms with van der Waals surface area (Å²) < 4.78 is 27.7. The van der Waals surface area contributed by atoms with Crippen molar-refractivity contribution in [3.8, 4) is 0 Å². The van der Waals surface area contributed by atoms with E-state index in [1.807, 2.05) is 32.0 Å². The van der Waals surface area contributed by atoms with Gasteiger partial charge >= 0.3 is 0 Å². The summed E-state index contributed by atoms with van der Waals surface area (Å²) in [6.45, 7) is 4.00. The Morgan fingerprint density at radius 3 is 2.37 bits per heavy atom. The minimum absolute atomic E-state index is 0.0199. The number of benzene rings is 2. The molecule has 1 saturated carbocycles. The van der Waals surface area contributed by atoms with Gasteiger partial charge in [-0.15, -0.1) is 0 Å². The molecule has 0 radical (unpaired) electrons. The molecule has 1 aliphatic rings. The van der Waals surface area contributed by atoms with Crippen molar-refractivity contribution in [3.05, 3.63) is 59.2 Å². The SMILES string of the molecule is CCc1cccc(C)c1NC(=O)c1ccc(S(=O)(=O)NC2CCCC2)cc1. The summed E-state index contributed by atoms with van der Waals surface area (Å²) in [5.41, 5.74) is 3.33. The van der Waals surface area contributed by atoms with Gasteiger partial charge in [0.15, 0.2) is 0 Å². The maximum atomic E-state index is 12.6. The van der Waals surface area contributed by atoms with Crippen LogP contribution in [0.4, 0.5) is 5.69 Å². The lowest BCUT2D eigenvalue weighted by Gasteiger charge is -2.14. The fourth-order valence-electron chi connectivity index (χ4n) is 3.50. The van der Waals surface area contributed by atoms with Crippen LogP contribution in [-0.2, 0) is 16.4 Å². The molecule has 0 aliphatic heterocycles. The van der Waals surface area contributed by atoms with Crippen molar-refractivity contribution in [3.63, 3.8) is 0 Å². The summed E-state index contributed by atoms with van der Waals surface area (Å²) in [7, 11) is -3.54. The summed E-state index contributed by atoms with van der Waals surface area (Å²) in [4.78, 5) is 12.8. The molecular weight excluding hydrogens is 360 g/mol. The average molecular weight is 387 g/mol. The summed E-state index contributed by atoms with van der Waals surface area (Å²) in [6.07, 6.45) is 4.71. The predicted molar refractivity (Wildman–Crippen MR) is 108 cm³/mol. The molecule has 5 nitrogen and oxygen atoms in total. The second-order valence-corrected chi connectivity index (χ2v) is 8.76. The Morgan fingerprint density at radius 2 is 1.74 bits per heavy atom. The molecule has 2 N–H and O–H groups in total. The van der Waals surface area contributed by atoms with Gasteiger partial charge < -0.3 is 5.32 Å². The fourth-order valence-corrected chi connectivity index (χ4v) is 4.81. The smallest absolute Gasteiger partial charge is 0.255 e. The van der Waals surface area contributed by atoms with E-state index >= 15 is 0 Å². The molecule has 1 amide bonds. The highest BCUT2D eigenvalue weighted by Crippen LogP contribution is 2.23. The number of para-hydroxylation sites is 1. The van der Waals surface area contributed by atoms with Gasteiger partial charge in [-0.2, -0.15) is 0 Å². The molecule has 2 aromatic carbocycles. The van der Waals surface area contributed by atoms with E-state index in [2.05, 4.69) is 10.0 Å². The van der Waals surface area contributed by atoms with E-state index in [1.54, 1.807) is 12.1 Å². The van der Waals surface area contributed by atoms with Crippen LogP contribution in [-0.4, -0.2) is 20.4 Å². The number of nitrogens with one attached hydrogen (secondary N) is 2. The molecule has 6 heteroatoms. The Balaban J connectivity index is 1.74. The van der Waals surface area contributed by atoms with Crippen LogP contribution in [0, 0.1) is 6.92 Å². The maximum Gasteiger partial charge on any atom is 0.255 e. The van der Waals surface area contributed by atoms with Crippen LogP contribution >= 0.6 is 0 Å². The van der Waals surface area contributed by atoms with E-state index in [1.165, 1.54) is 12.1 Å². The van der Waals surface area contributed by atoms with Gasteiger partial charge in [0, 0.05) is 17.3 Å². The monoisotopic (exact) mass is 386 g/mol. The lowest BCUT2D eigenvalue weighted by atomic mass is 10.1. The van der Waals surface area contributed by atoms with Crippen LogP contribution in [0.15, 0.2) is 47.4 Å². The van der Waals surface area contributed by atoms with Gasteiger partial charge in [0.25, 0.3) is 5.91 Å². The van der Waals surface area contributed by atoms with Crippen molar-refractivity contribution >= 4 is 21.6 Å². The Morgan fingerprint density at radius 1 is 1.07 bits per heavy atom. The Labute approximate surface area is 161 Å². The highest BCUT2D eigenvalue weighted by Gasteiger charge is 2.23. The first-order valence-corrected chi connectivity index (χ1v) is 10.9.